The Kier molecular flexibility index (Phi) is 6.23. The van der Waals surface area contributed by atoms with E-state index in [0.29, 0.717) is 6.07 Å². The van der Waals surface area contributed by atoms with E-state index in [1.807, 2.05) is 0 Å². The van der Waals surface area contributed by atoms with Crippen LogP contribution in [-0.4, -0.2) is 33.6 Å². The Hall–Kier alpha value is -1.96. The van der Waals surface area contributed by atoms with Gasteiger partial charge in [-0.25, -0.2) is 21.6 Å². The molecule has 1 aromatic carbocycles. The Morgan fingerprint density at radius 2 is 1.82 bits per heavy atom. The second kappa shape index (κ2) is 7.81. The van der Waals surface area contributed by atoms with Gasteiger partial charge in [-0.2, -0.15) is 13.2 Å². The van der Waals surface area contributed by atoms with Gasteiger partial charge in [0.05, 0.1) is 9.92 Å². The van der Waals surface area contributed by atoms with Crippen molar-refractivity contribution in [1.82, 2.24) is 8.95 Å². The van der Waals surface area contributed by atoms with Gasteiger partial charge in [0, 0.05) is 25.0 Å². The van der Waals surface area contributed by atoms with Crippen molar-refractivity contribution in [2.45, 2.75) is 17.2 Å². The number of nitrogens with one attached hydrogen (secondary N) is 2. The van der Waals surface area contributed by atoms with Gasteiger partial charge in [-0.05, 0) is 12.1 Å². The van der Waals surface area contributed by atoms with Gasteiger partial charge in [0.25, 0.3) is 5.91 Å². The minimum atomic E-state index is -4.66. The van der Waals surface area contributed by atoms with E-state index in [4.69, 9.17) is 11.6 Å². The Bertz CT molecular complexity index is 1000. The number of amides is 1. The van der Waals surface area contributed by atoms with Crippen molar-refractivity contribution in [3.05, 3.63) is 46.7 Å². The van der Waals surface area contributed by atoms with Crippen LogP contribution in [0.5, 0.6) is 0 Å². The molecule has 1 aromatic heterocycles. The summed E-state index contributed by atoms with van der Waals surface area (Å²) in [7, 11) is -7.05. The Morgan fingerprint density at radius 1 is 1.21 bits per heavy atom. The molecule has 0 bridgehead atoms. The summed E-state index contributed by atoms with van der Waals surface area (Å²) in [5.41, 5.74) is -0.446. The Labute approximate surface area is 163 Å². The van der Waals surface area contributed by atoms with E-state index >= 15 is 0 Å². The van der Waals surface area contributed by atoms with Gasteiger partial charge in [0.15, 0.2) is 11.6 Å². The van der Waals surface area contributed by atoms with E-state index in [0.717, 1.165) is 29.4 Å². The Morgan fingerprint density at radius 3 is 2.36 bits per heavy atom. The molecule has 0 aliphatic rings. The smallest absolute Gasteiger partial charge is 0.345 e. The molecule has 2 rings (SSSR count). The summed E-state index contributed by atoms with van der Waals surface area (Å²) in [5.74, 6) is -8.19. The maximum Gasteiger partial charge on any atom is 0.373 e. The highest BCUT2D eigenvalue weighted by Gasteiger charge is 2.40. The molecule has 0 radical (unpaired) electrons. The van der Waals surface area contributed by atoms with Crippen molar-refractivity contribution in [3.8, 4) is 0 Å². The maximum absolute atomic E-state index is 13.4. The Balaban J connectivity index is 2.27. The quantitative estimate of drug-likeness (QED) is 0.408. The fraction of sp³-hybridized carbons (Fsp3) is 0.214. The summed E-state index contributed by atoms with van der Waals surface area (Å²) in [6.07, 6.45) is 0.951. The molecule has 2 N–H and O–H groups in total. The van der Waals surface area contributed by atoms with Gasteiger partial charge in [0.1, 0.15) is 5.69 Å². The van der Waals surface area contributed by atoms with Crippen molar-refractivity contribution in [2.75, 3.05) is 5.32 Å². The van der Waals surface area contributed by atoms with Crippen molar-refractivity contribution in [3.63, 3.8) is 0 Å². The molecule has 28 heavy (non-hydrogen) atoms. The molecule has 154 valence electrons. The number of aromatic nitrogens is 1. The second-order valence-corrected chi connectivity index (χ2v) is 10.7. The number of alkyl halides is 3. The van der Waals surface area contributed by atoms with E-state index in [-0.39, 0.29) is 11.4 Å². The maximum atomic E-state index is 13.4. The van der Waals surface area contributed by atoms with Crippen LogP contribution in [0, 0.1) is 11.6 Å². The third-order valence-corrected chi connectivity index (χ3v) is 8.34. The van der Waals surface area contributed by atoms with Crippen LogP contribution in [0.1, 0.15) is 10.5 Å². The predicted octanol–water partition coefficient (Wildman–Crippen LogP) is 2.94. The summed E-state index contributed by atoms with van der Waals surface area (Å²) in [6.45, 7) is 0.765. The first kappa shape index (κ1) is 22.3. The van der Waals surface area contributed by atoms with Crippen molar-refractivity contribution >= 4 is 42.2 Å². The van der Waals surface area contributed by atoms with Crippen LogP contribution in [-0.2, 0) is 17.1 Å². The van der Waals surface area contributed by atoms with E-state index < -0.39 is 52.2 Å². The van der Waals surface area contributed by atoms with Crippen molar-refractivity contribution < 1.29 is 35.2 Å². The summed E-state index contributed by atoms with van der Waals surface area (Å²) in [6, 6.07) is 2.46. The fourth-order valence-electron chi connectivity index (χ4n) is 2.10. The highest BCUT2D eigenvalue weighted by atomic mass is 35.5. The van der Waals surface area contributed by atoms with Gasteiger partial charge in [0.2, 0.25) is 19.0 Å². The van der Waals surface area contributed by atoms with Gasteiger partial charge in [-0.15, -0.1) is 0 Å². The van der Waals surface area contributed by atoms with E-state index in [1.54, 1.807) is 4.39 Å². The number of rotatable bonds is 5. The topological polar surface area (TPSA) is 80.2 Å². The zero-order valence-corrected chi connectivity index (χ0v) is 17.0. The molecular weight excluding hydrogens is 449 g/mol. The summed E-state index contributed by atoms with van der Waals surface area (Å²) in [5, 5.41) is 1.62. The van der Waals surface area contributed by atoms with E-state index in [1.165, 1.54) is 7.05 Å². The summed E-state index contributed by atoms with van der Waals surface area (Å²) < 4.78 is 91.4. The number of halogens is 6. The predicted molar refractivity (Wildman–Crippen MR) is 94.1 cm³/mol. The molecule has 0 aliphatic carbocycles. The van der Waals surface area contributed by atoms with Crippen LogP contribution in [0.15, 0.2) is 29.3 Å². The molecule has 14 heteroatoms. The first-order valence-corrected chi connectivity index (χ1v) is 11.6. The monoisotopic (exact) mass is 461 g/mol. The first-order chi connectivity index (χ1) is 12.7. The number of hydrogen-bond acceptors (Lipinski definition) is 3. The molecular formula is C14H13ClF5N3O3SSi. The molecule has 0 saturated carbocycles. The molecule has 0 aliphatic heterocycles. The second-order valence-electron chi connectivity index (χ2n) is 5.76. The van der Waals surface area contributed by atoms with Gasteiger partial charge >= 0.3 is 5.80 Å². The number of hydrogen-bond donors (Lipinski definition) is 2. The number of nitrogens with zero attached hydrogens (tertiary/aromatic N) is 1. The number of sulfonamides is 1. The number of carbonyl (C=O) groups is 1. The van der Waals surface area contributed by atoms with Crippen LogP contribution < -0.4 is 9.70 Å². The number of aryl methyl sites for hydroxylation is 1. The van der Waals surface area contributed by atoms with Crippen LogP contribution in [0.4, 0.5) is 27.6 Å². The third-order valence-electron chi connectivity index (χ3n) is 3.59. The molecule has 0 fully saturated rings. The van der Waals surface area contributed by atoms with E-state index in [9.17, 15) is 35.2 Å². The van der Waals surface area contributed by atoms with Gasteiger partial charge in [-0.3, -0.25) is 4.79 Å². The van der Waals surface area contributed by atoms with Crippen molar-refractivity contribution in [1.29, 1.82) is 0 Å². The lowest BCUT2D eigenvalue weighted by atomic mass is 10.3. The fourth-order valence-corrected chi connectivity index (χ4v) is 5.81. The average Bonchev–Trinajstić information content (AvgIpc) is 2.94. The standard InChI is InChI=1S/C14H13ClF5N3O3SSi/c1-23-6-8(27(25,26)22-28(2)14(18,19)20)5-11(23)13(24)21-7-3-9(15)12(17)10(16)4-7/h3-6,22,28H,1-2H3,(H,21,24). The van der Waals surface area contributed by atoms with Crippen LogP contribution in [0.2, 0.25) is 11.6 Å². The molecule has 1 atom stereocenters. The molecule has 6 nitrogen and oxygen atoms in total. The molecule has 2 aromatic rings. The lowest BCUT2D eigenvalue weighted by molar-refractivity contribution is -0.0521. The molecule has 1 amide bonds. The van der Waals surface area contributed by atoms with Crippen LogP contribution in [0.3, 0.4) is 0 Å². The number of anilines is 1. The minimum absolute atomic E-state index is 0.198. The van der Waals surface area contributed by atoms with Crippen LogP contribution >= 0.6 is 11.6 Å². The molecule has 0 spiro atoms. The van der Waals surface area contributed by atoms with Gasteiger partial charge < -0.3 is 9.88 Å². The SMILES string of the molecule is Cn1cc(S(=O)(=O)N[SiH](C)C(F)(F)F)cc1C(=O)Nc1cc(F)c(F)c(Cl)c1. The van der Waals surface area contributed by atoms with Crippen molar-refractivity contribution in [2.24, 2.45) is 7.05 Å². The zero-order chi connectivity index (χ0) is 21.4. The normalized spacial score (nSPS) is 13.4. The number of carbonyl (C=O) groups excluding carboxylic acids is 1. The zero-order valence-electron chi connectivity index (χ0n) is 14.2. The minimum Gasteiger partial charge on any atom is -0.345 e. The molecule has 1 unspecified atom stereocenters. The molecule has 0 saturated heterocycles. The lowest BCUT2D eigenvalue weighted by Crippen LogP contribution is -2.47. The first-order valence-electron chi connectivity index (χ1n) is 7.43. The largest absolute Gasteiger partial charge is 0.373 e. The summed E-state index contributed by atoms with van der Waals surface area (Å²) in [4.78, 5) is 11.7. The average molecular weight is 462 g/mol. The summed E-state index contributed by atoms with van der Waals surface area (Å²) >= 11 is 5.48. The highest BCUT2D eigenvalue weighted by molar-refractivity contribution is 7.90. The lowest BCUT2D eigenvalue weighted by Gasteiger charge is -2.14. The van der Waals surface area contributed by atoms with Crippen LogP contribution in [0.25, 0.3) is 0 Å². The van der Waals surface area contributed by atoms with Gasteiger partial charge in [-0.1, -0.05) is 18.1 Å². The molecule has 1 heterocycles. The van der Waals surface area contributed by atoms with E-state index in [2.05, 4.69) is 5.32 Å². The third kappa shape index (κ3) is 4.90. The number of benzene rings is 1. The highest BCUT2D eigenvalue weighted by Crippen LogP contribution is 2.24.